The summed E-state index contributed by atoms with van der Waals surface area (Å²) in [5.41, 5.74) is -0.638. The van der Waals surface area contributed by atoms with E-state index in [1.165, 1.54) is 0 Å². The molecule has 0 fully saturated rings. The van der Waals surface area contributed by atoms with Crippen LogP contribution in [-0.4, -0.2) is 12.2 Å². The van der Waals surface area contributed by atoms with Crippen LogP contribution < -0.4 is 5.32 Å². The van der Waals surface area contributed by atoms with Crippen LogP contribution in [0.3, 0.4) is 0 Å². The van der Waals surface area contributed by atoms with Gasteiger partial charge in [0, 0.05) is 11.3 Å². The van der Waals surface area contributed by atoms with Crippen molar-refractivity contribution in [1.29, 1.82) is 0 Å². The van der Waals surface area contributed by atoms with E-state index in [4.69, 9.17) is 0 Å². The molecule has 1 nitrogen and oxygen atoms in total. The van der Waals surface area contributed by atoms with Crippen molar-refractivity contribution < 1.29 is 26.3 Å². The van der Waals surface area contributed by atoms with Crippen molar-refractivity contribution in [1.82, 2.24) is 0 Å². The van der Waals surface area contributed by atoms with E-state index < -0.39 is 24.0 Å². The number of rotatable bonds is 2. The van der Waals surface area contributed by atoms with E-state index in [1.54, 1.807) is 30.3 Å². The van der Waals surface area contributed by atoms with Gasteiger partial charge in [-0.2, -0.15) is 26.3 Å². The fraction of sp³-hybridized carbons (Fsp3) is 0.176. The first-order valence-corrected chi connectivity index (χ1v) is 6.73. The number of benzene rings is 2. The molecule has 1 atom stereocenters. The average Bonchev–Trinajstić information content (AvgIpc) is 2.51. The van der Waals surface area contributed by atoms with E-state index in [2.05, 4.69) is 17.2 Å². The Bertz CT molecular complexity index is 720. The molecule has 1 N–H and O–H groups in total. The number of hydrogen-bond acceptors (Lipinski definition) is 1. The SMILES string of the molecule is FC(F)(F)c1ccc(N[C@H](C#Cc2ccccc2)C(F)(F)F)cc1. The summed E-state index contributed by atoms with van der Waals surface area (Å²) in [6, 6.07) is 9.17. The molecule has 0 bridgehead atoms. The lowest BCUT2D eigenvalue weighted by atomic mass is 10.1. The molecule has 0 saturated carbocycles. The highest BCUT2D eigenvalue weighted by molar-refractivity contribution is 5.49. The third-order valence-corrected chi connectivity index (χ3v) is 2.99. The minimum atomic E-state index is -4.68. The average molecular weight is 343 g/mol. The summed E-state index contributed by atoms with van der Waals surface area (Å²) in [5.74, 6) is 4.46. The van der Waals surface area contributed by atoms with Crippen LogP contribution in [0.2, 0.25) is 0 Å². The second-order valence-electron chi connectivity index (χ2n) is 4.83. The maximum absolute atomic E-state index is 13.0. The molecular weight excluding hydrogens is 332 g/mol. The highest BCUT2D eigenvalue weighted by Crippen LogP contribution is 2.30. The molecule has 0 heterocycles. The molecule has 0 aromatic heterocycles. The molecule has 2 aromatic rings. The Kier molecular flexibility index (Phi) is 5.07. The normalized spacial score (nSPS) is 12.9. The predicted molar refractivity (Wildman–Crippen MR) is 78.2 cm³/mol. The molecule has 0 saturated heterocycles. The van der Waals surface area contributed by atoms with Crippen LogP contribution in [0.15, 0.2) is 54.6 Å². The minimum absolute atomic E-state index is 0.104. The van der Waals surface area contributed by atoms with Gasteiger partial charge in [-0.1, -0.05) is 30.0 Å². The summed E-state index contributed by atoms with van der Waals surface area (Å²) < 4.78 is 76.5. The number of alkyl halides is 6. The van der Waals surface area contributed by atoms with E-state index in [-0.39, 0.29) is 5.69 Å². The van der Waals surface area contributed by atoms with Crippen molar-refractivity contribution in [2.75, 3.05) is 5.32 Å². The Morgan fingerprint density at radius 3 is 1.88 bits per heavy atom. The molecule has 0 amide bonds. The van der Waals surface area contributed by atoms with Gasteiger partial charge in [0.25, 0.3) is 0 Å². The Hall–Kier alpha value is -2.62. The second kappa shape index (κ2) is 6.87. The largest absolute Gasteiger partial charge is 0.420 e. The second-order valence-corrected chi connectivity index (χ2v) is 4.83. The maximum Gasteiger partial charge on any atom is 0.420 e. The molecule has 0 aliphatic heterocycles. The van der Waals surface area contributed by atoms with Gasteiger partial charge < -0.3 is 5.32 Å². The van der Waals surface area contributed by atoms with Crippen LogP contribution in [-0.2, 0) is 6.18 Å². The van der Waals surface area contributed by atoms with E-state index in [9.17, 15) is 26.3 Å². The van der Waals surface area contributed by atoms with Gasteiger partial charge in [0.2, 0.25) is 0 Å². The Balaban J connectivity index is 2.20. The van der Waals surface area contributed by atoms with Crippen LogP contribution >= 0.6 is 0 Å². The van der Waals surface area contributed by atoms with Crippen molar-refractivity contribution in [2.45, 2.75) is 18.4 Å². The highest BCUT2D eigenvalue weighted by atomic mass is 19.4. The summed E-state index contributed by atoms with van der Waals surface area (Å²) in [6.45, 7) is 0. The molecule has 7 heteroatoms. The van der Waals surface area contributed by atoms with Gasteiger partial charge in [-0.25, -0.2) is 0 Å². The van der Waals surface area contributed by atoms with Crippen LogP contribution in [0, 0.1) is 11.8 Å². The lowest BCUT2D eigenvalue weighted by molar-refractivity contribution is -0.137. The Morgan fingerprint density at radius 1 is 0.792 bits per heavy atom. The van der Waals surface area contributed by atoms with E-state index in [0.717, 1.165) is 12.1 Å². The molecule has 0 radical (unpaired) electrons. The molecule has 0 aliphatic rings. The lowest BCUT2D eigenvalue weighted by Gasteiger charge is -2.18. The van der Waals surface area contributed by atoms with E-state index >= 15 is 0 Å². The van der Waals surface area contributed by atoms with Gasteiger partial charge in [-0.05, 0) is 36.4 Å². The van der Waals surface area contributed by atoms with Crippen molar-refractivity contribution >= 4 is 5.69 Å². The Morgan fingerprint density at radius 2 is 1.38 bits per heavy atom. The van der Waals surface area contributed by atoms with E-state index in [1.807, 2.05) is 0 Å². The fourth-order valence-electron chi connectivity index (χ4n) is 1.80. The van der Waals surface area contributed by atoms with Crippen LogP contribution in [0.4, 0.5) is 32.0 Å². The molecular formula is C17H11F6N. The standard InChI is InChI=1S/C17H11F6N/c18-16(19,20)13-7-9-14(10-8-13)24-15(17(21,22)23)11-6-12-4-2-1-3-5-12/h1-5,7-10,15,24H/t15-/m1/s1. The molecule has 2 aromatic carbocycles. The van der Waals surface area contributed by atoms with Crippen molar-refractivity contribution in [3.8, 4) is 11.8 Å². The fourth-order valence-corrected chi connectivity index (χ4v) is 1.80. The summed E-state index contributed by atoms with van der Waals surface area (Å²) in [6.07, 6.45) is -9.22. The number of nitrogens with one attached hydrogen (secondary N) is 1. The quantitative estimate of drug-likeness (QED) is 0.591. The van der Waals surface area contributed by atoms with Gasteiger partial charge >= 0.3 is 12.4 Å². The van der Waals surface area contributed by atoms with Gasteiger partial charge in [0.1, 0.15) is 0 Å². The third kappa shape index (κ3) is 4.95. The minimum Gasteiger partial charge on any atom is -0.364 e. The lowest BCUT2D eigenvalue weighted by Crippen LogP contribution is -2.34. The zero-order valence-corrected chi connectivity index (χ0v) is 12.0. The molecule has 0 unspecified atom stereocenters. The van der Waals surface area contributed by atoms with Crippen LogP contribution in [0.25, 0.3) is 0 Å². The summed E-state index contributed by atoms with van der Waals surface area (Å²) in [4.78, 5) is 0. The number of anilines is 1. The topological polar surface area (TPSA) is 12.0 Å². The van der Waals surface area contributed by atoms with E-state index in [0.29, 0.717) is 17.7 Å². The van der Waals surface area contributed by atoms with Crippen molar-refractivity contribution in [3.05, 3.63) is 65.7 Å². The number of hydrogen-bond donors (Lipinski definition) is 1. The monoisotopic (exact) mass is 343 g/mol. The third-order valence-electron chi connectivity index (χ3n) is 2.99. The van der Waals surface area contributed by atoms with Crippen molar-refractivity contribution in [3.63, 3.8) is 0 Å². The number of halogens is 6. The molecule has 24 heavy (non-hydrogen) atoms. The van der Waals surface area contributed by atoms with Gasteiger partial charge in [0.05, 0.1) is 5.56 Å². The van der Waals surface area contributed by atoms with Gasteiger partial charge in [0.15, 0.2) is 6.04 Å². The zero-order valence-electron chi connectivity index (χ0n) is 12.0. The first-order valence-electron chi connectivity index (χ1n) is 6.73. The van der Waals surface area contributed by atoms with Gasteiger partial charge in [-0.3, -0.25) is 0 Å². The smallest absolute Gasteiger partial charge is 0.364 e. The van der Waals surface area contributed by atoms with Crippen LogP contribution in [0.5, 0.6) is 0 Å². The molecule has 2 rings (SSSR count). The summed E-state index contributed by atoms with van der Waals surface area (Å²) in [5, 5.41) is 2.10. The Labute approximate surface area is 134 Å². The summed E-state index contributed by atoms with van der Waals surface area (Å²) >= 11 is 0. The highest BCUT2D eigenvalue weighted by Gasteiger charge is 2.39. The predicted octanol–water partition coefficient (Wildman–Crippen LogP) is 5.10. The maximum atomic E-state index is 13.0. The first kappa shape index (κ1) is 17.7. The van der Waals surface area contributed by atoms with Crippen LogP contribution in [0.1, 0.15) is 11.1 Å². The first-order chi connectivity index (χ1) is 11.2. The molecule has 0 aliphatic carbocycles. The molecule has 126 valence electrons. The van der Waals surface area contributed by atoms with Crippen molar-refractivity contribution in [2.24, 2.45) is 0 Å². The molecule has 0 spiro atoms. The van der Waals surface area contributed by atoms with Gasteiger partial charge in [-0.15, -0.1) is 0 Å². The summed E-state index contributed by atoms with van der Waals surface area (Å²) in [7, 11) is 0. The zero-order chi connectivity index (χ0) is 17.8.